The number of carbonyl (C=O) groups excluding carboxylic acids is 5. The van der Waals surface area contributed by atoms with Gasteiger partial charge in [0, 0.05) is 36.0 Å². The maximum Gasteiger partial charge on any atom is 0.408 e. The number of benzene rings is 3. The van der Waals surface area contributed by atoms with E-state index in [2.05, 4.69) is 16.0 Å². The number of hydrogen-bond donors (Lipinski definition) is 3. The molecule has 2 aliphatic heterocycles. The summed E-state index contributed by atoms with van der Waals surface area (Å²) in [6.07, 6.45) is 5.94. The zero-order chi connectivity index (χ0) is 37.5. The normalized spacial score (nSPS) is 19.6. The highest BCUT2D eigenvalue weighted by atomic mass is 35.5. The average molecular weight is 743 g/mol. The first kappa shape index (κ1) is 38.3. The number of alkyl carbamates (subject to hydrolysis) is 1. The molecule has 2 saturated heterocycles. The van der Waals surface area contributed by atoms with Crippen LogP contribution in [0.1, 0.15) is 95.3 Å². The largest absolute Gasteiger partial charge is 0.440 e. The summed E-state index contributed by atoms with van der Waals surface area (Å²) in [5.41, 5.74) is 0.895. The van der Waals surface area contributed by atoms with Gasteiger partial charge in [0.25, 0.3) is 5.91 Å². The number of ether oxygens (including phenoxy) is 1. The first-order valence-electron chi connectivity index (χ1n) is 19.1. The lowest BCUT2D eigenvalue weighted by molar-refractivity contribution is -0.146. The van der Waals surface area contributed by atoms with E-state index in [1.807, 2.05) is 74.5 Å². The summed E-state index contributed by atoms with van der Waals surface area (Å²) in [7, 11) is 0. The van der Waals surface area contributed by atoms with Gasteiger partial charge in [0.2, 0.25) is 17.6 Å². The molecule has 0 bridgehead atoms. The molecule has 10 nitrogen and oxygen atoms in total. The van der Waals surface area contributed by atoms with E-state index >= 15 is 0 Å². The van der Waals surface area contributed by atoms with Crippen LogP contribution in [0.3, 0.4) is 0 Å². The van der Waals surface area contributed by atoms with Gasteiger partial charge in [0.1, 0.15) is 12.1 Å². The highest BCUT2D eigenvalue weighted by Crippen LogP contribution is 2.41. The quantitative estimate of drug-likeness (QED) is 0.166. The minimum absolute atomic E-state index is 0.00838. The third kappa shape index (κ3) is 9.39. The molecule has 6 rings (SSSR count). The molecule has 282 valence electrons. The minimum Gasteiger partial charge on any atom is -0.440 e. The molecule has 3 aromatic carbocycles. The lowest BCUT2D eigenvalue weighted by atomic mass is 9.76. The Morgan fingerprint density at radius 3 is 2.28 bits per heavy atom. The fourth-order valence-electron chi connectivity index (χ4n) is 8.20. The third-order valence-corrected chi connectivity index (χ3v) is 11.6. The van der Waals surface area contributed by atoms with E-state index in [0.717, 1.165) is 66.8 Å². The van der Waals surface area contributed by atoms with Crippen LogP contribution >= 0.6 is 11.6 Å². The summed E-state index contributed by atoms with van der Waals surface area (Å²) >= 11 is 6.43. The summed E-state index contributed by atoms with van der Waals surface area (Å²) in [5.74, 6) is -2.49. The van der Waals surface area contributed by atoms with E-state index in [-0.39, 0.29) is 18.2 Å². The zero-order valence-corrected chi connectivity index (χ0v) is 31.5. The van der Waals surface area contributed by atoms with Crippen LogP contribution in [0, 0.1) is 11.8 Å². The molecule has 1 aliphatic carbocycles. The van der Waals surface area contributed by atoms with Crippen LogP contribution in [-0.2, 0) is 29.3 Å². The second-order valence-electron chi connectivity index (χ2n) is 15.5. The molecule has 3 aromatic rings. The van der Waals surface area contributed by atoms with Crippen LogP contribution in [0.5, 0.6) is 0 Å². The number of halogens is 1. The number of nitrogens with zero attached hydrogens (tertiary/aromatic N) is 1. The van der Waals surface area contributed by atoms with Crippen molar-refractivity contribution in [2.24, 2.45) is 11.8 Å². The van der Waals surface area contributed by atoms with Gasteiger partial charge in [-0.1, -0.05) is 106 Å². The predicted octanol–water partition coefficient (Wildman–Crippen LogP) is 6.78. The van der Waals surface area contributed by atoms with Gasteiger partial charge < -0.3 is 25.6 Å². The molecule has 4 unspecified atom stereocenters. The maximum absolute atomic E-state index is 14.3. The van der Waals surface area contributed by atoms with Crippen molar-refractivity contribution < 1.29 is 28.7 Å². The lowest BCUT2D eigenvalue weighted by Gasteiger charge is -2.35. The Morgan fingerprint density at radius 2 is 1.58 bits per heavy atom. The second-order valence-corrected chi connectivity index (χ2v) is 15.9. The summed E-state index contributed by atoms with van der Waals surface area (Å²) in [6.45, 7) is 5.42. The van der Waals surface area contributed by atoms with Crippen molar-refractivity contribution in [3.63, 3.8) is 0 Å². The fraction of sp³-hybridized carbons (Fsp3) is 0.500. The van der Waals surface area contributed by atoms with Gasteiger partial charge in [-0.25, -0.2) is 4.79 Å². The van der Waals surface area contributed by atoms with Gasteiger partial charge in [-0.3, -0.25) is 19.2 Å². The van der Waals surface area contributed by atoms with Crippen LogP contribution in [0.2, 0.25) is 5.02 Å². The van der Waals surface area contributed by atoms with Crippen LogP contribution in [0.25, 0.3) is 10.8 Å². The van der Waals surface area contributed by atoms with Crippen molar-refractivity contribution in [1.29, 1.82) is 0 Å². The molecule has 2 heterocycles. The summed E-state index contributed by atoms with van der Waals surface area (Å²) in [5, 5.41) is 11.1. The highest BCUT2D eigenvalue weighted by Gasteiger charge is 2.40. The summed E-state index contributed by atoms with van der Waals surface area (Å²) in [4.78, 5) is 69.4. The van der Waals surface area contributed by atoms with Crippen molar-refractivity contribution in [2.45, 2.75) is 102 Å². The Morgan fingerprint density at radius 1 is 0.849 bits per heavy atom. The molecule has 53 heavy (non-hydrogen) atoms. The average Bonchev–Trinajstić information content (AvgIpc) is 3.85. The summed E-state index contributed by atoms with van der Waals surface area (Å²) in [6, 6.07) is 19.2. The second kappa shape index (κ2) is 17.1. The van der Waals surface area contributed by atoms with Gasteiger partial charge in [0.05, 0.1) is 6.04 Å². The van der Waals surface area contributed by atoms with E-state index < -0.39 is 53.2 Å². The number of nitrogens with one attached hydrogen (secondary N) is 3. The van der Waals surface area contributed by atoms with Gasteiger partial charge in [-0.2, -0.15) is 0 Å². The van der Waals surface area contributed by atoms with Gasteiger partial charge >= 0.3 is 6.09 Å². The highest BCUT2D eigenvalue weighted by molar-refractivity contribution is 6.38. The van der Waals surface area contributed by atoms with E-state index in [0.29, 0.717) is 37.5 Å². The van der Waals surface area contributed by atoms with E-state index in [9.17, 15) is 24.0 Å². The topological polar surface area (TPSA) is 134 Å². The zero-order valence-electron chi connectivity index (χ0n) is 30.7. The van der Waals surface area contributed by atoms with Gasteiger partial charge in [-0.15, -0.1) is 0 Å². The van der Waals surface area contributed by atoms with Crippen LogP contribution in [-0.4, -0.2) is 66.2 Å². The Labute approximate surface area is 316 Å². The van der Waals surface area contributed by atoms with Crippen LogP contribution in [0.4, 0.5) is 4.79 Å². The van der Waals surface area contributed by atoms with Crippen molar-refractivity contribution in [1.82, 2.24) is 20.9 Å². The summed E-state index contributed by atoms with van der Waals surface area (Å²) < 4.78 is 6.34. The third-order valence-electron chi connectivity index (χ3n) is 11.3. The number of fused-ring (bicyclic) bond motifs is 1. The number of hydrogen-bond acceptors (Lipinski definition) is 6. The monoisotopic (exact) mass is 742 g/mol. The Bertz CT molecular complexity index is 1820. The first-order valence-corrected chi connectivity index (χ1v) is 19.5. The number of likely N-dealkylation sites (tertiary alicyclic amines) is 1. The molecule has 3 aliphatic rings. The van der Waals surface area contributed by atoms with Crippen LogP contribution < -0.4 is 16.0 Å². The van der Waals surface area contributed by atoms with Crippen LogP contribution in [0.15, 0.2) is 66.7 Å². The van der Waals surface area contributed by atoms with Crippen molar-refractivity contribution in [3.8, 4) is 0 Å². The Kier molecular flexibility index (Phi) is 12.4. The Balaban J connectivity index is 1.27. The van der Waals surface area contributed by atoms with E-state index in [1.54, 1.807) is 6.07 Å². The molecular formula is C42H51ClN4O6. The SMILES string of the molecule is CC(C)(c1cccc(Cl)c1)C(OC(=O)NC(CC1CCCCC1)C(=O)NC(CC1CCNC1=O)C(=O)C(=O)N1CCCC1)c1ccc2ccccc2c1. The van der Waals surface area contributed by atoms with Crippen molar-refractivity contribution in [3.05, 3.63) is 82.9 Å². The molecule has 3 N–H and O–H groups in total. The fourth-order valence-corrected chi connectivity index (χ4v) is 8.39. The molecule has 4 atom stereocenters. The maximum atomic E-state index is 14.3. The number of Topliss-reactive ketones (excluding diaryl/α,β-unsaturated/α-hetero) is 1. The first-order chi connectivity index (χ1) is 25.5. The minimum atomic E-state index is -1.21. The molecular weight excluding hydrogens is 692 g/mol. The standard InChI is InChI=1S/C42H51ClN4O6/c1-42(2,32-15-10-16-33(43)26-32)37(30-18-17-28-13-6-7-14-29(28)24-30)53-41(52)46-35(23-27-11-4-3-5-12-27)39(50)45-34(25-31-19-20-44-38(31)49)36(48)40(51)47-21-8-9-22-47/h6-7,10,13-18,24,26-27,31,34-35,37H,3-5,8-9,11-12,19-23,25H2,1-2H3,(H,44,49)(H,45,50)(H,46,52). The lowest BCUT2D eigenvalue weighted by Crippen LogP contribution is -2.55. The van der Waals surface area contributed by atoms with Gasteiger partial charge in [-0.05, 0) is 78.1 Å². The number of carbonyl (C=O) groups is 5. The van der Waals surface area contributed by atoms with Gasteiger partial charge in [0.15, 0.2) is 0 Å². The molecule has 0 spiro atoms. The van der Waals surface area contributed by atoms with E-state index in [1.165, 1.54) is 4.90 Å². The number of rotatable bonds is 13. The predicted molar refractivity (Wildman–Crippen MR) is 204 cm³/mol. The molecule has 1 saturated carbocycles. The molecule has 0 radical (unpaired) electrons. The molecule has 4 amide bonds. The van der Waals surface area contributed by atoms with Crippen molar-refractivity contribution in [2.75, 3.05) is 19.6 Å². The molecule has 11 heteroatoms. The number of amides is 4. The van der Waals surface area contributed by atoms with Crippen molar-refractivity contribution >= 4 is 52.0 Å². The Hall–Kier alpha value is -4.44. The number of ketones is 1. The smallest absolute Gasteiger partial charge is 0.408 e. The van der Waals surface area contributed by atoms with E-state index in [4.69, 9.17) is 16.3 Å². The molecule has 0 aromatic heterocycles. The molecule has 3 fully saturated rings.